The van der Waals surface area contributed by atoms with Crippen LogP contribution in [0.25, 0.3) is 0 Å². The van der Waals surface area contributed by atoms with E-state index in [9.17, 15) is 8.42 Å². The van der Waals surface area contributed by atoms with E-state index in [1.807, 2.05) is 24.3 Å². The van der Waals surface area contributed by atoms with Gasteiger partial charge in [0.25, 0.3) is 10.0 Å². The Labute approximate surface area is 214 Å². The molecule has 3 atom stereocenters. The lowest BCUT2D eigenvalue weighted by atomic mass is 9.77. The summed E-state index contributed by atoms with van der Waals surface area (Å²) in [6.07, 6.45) is 5.18. The first-order chi connectivity index (χ1) is 16.8. The molecule has 1 aliphatic carbocycles. The van der Waals surface area contributed by atoms with Crippen LogP contribution in [0.4, 0.5) is 11.4 Å². The van der Waals surface area contributed by atoms with Gasteiger partial charge in [-0.15, -0.1) is 0 Å². The molecule has 35 heavy (non-hydrogen) atoms. The fourth-order valence-corrected chi connectivity index (χ4v) is 6.53. The topological polar surface area (TPSA) is 76.7 Å². The van der Waals surface area contributed by atoms with Crippen LogP contribution in [0.3, 0.4) is 0 Å². The largest absolute Gasteiger partial charge is 0.497 e. The zero-order valence-corrected chi connectivity index (χ0v) is 21.4. The highest BCUT2D eigenvalue weighted by molar-refractivity contribution is 7.92. The molecule has 0 spiro atoms. The van der Waals surface area contributed by atoms with E-state index in [-0.39, 0.29) is 33.5 Å². The smallest absolute Gasteiger partial charge is 0.261 e. The van der Waals surface area contributed by atoms with Gasteiger partial charge in [0.05, 0.1) is 35.9 Å². The first kappa shape index (κ1) is 23.9. The van der Waals surface area contributed by atoms with Crippen molar-refractivity contribution in [1.82, 2.24) is 0 Å². The number of hydrogen-bond donors (Lipinski definition) is 2. The summed E-state index contributed by atoms with van der Waals surface area (Å²) >= 11 is 12.1. The third-order valence-electron chi connectivity index (χ3n) is 6.60. The summed E-state index contributed by atoms with van der Waals surface area (Å²) in [5.74, 6) is 1.75. The van der Waals surface area contributed by atoms with Crippen molar-refractivity contribution in [2.75, 3.05) is 24.3 Å². The SMILES string of the molecule is COc1ccc([C@H]2Nc3ccc(S(=O)(=O)Nc4ccc(Cl)cc4Cl)cc3[C@H]3C=CC[C@H]32)c(OC)c1. The molecule has 2 N–H and O–H groups in total. The van der Waals surface area contributed by atoms with Gasteiger partial charge in [-0.25, -0.2) is 8.42 Å². The first-order valence-corrected chi connectivity index (χ1v) is 13.3. The number of sulfonamides is 1. The Morgan fingerprint density at radius 2 is 1.80 bits per heavy atom. The fourth-order valence-electron chi connectivity index (χ4n) is 4.90. The highest BCUT2D eigenvalue weighted by atomic mass is 35.5. The molecule has 6 nitrogen and oxygen atoms in total. The summed E-state index contributed by atoms with van der Waals surface area (Å²) in [5, 5.41) is 4.29. The van der Waals surface area contributed by atoms with Crippen LogP contribution in [0.5, 0.6) is 11.5 Å². The van der Waals surface area contributed by atoms with E-state index in [1.165, 1.54) is 6.07 Å². The number of fused-ring (bicyclic) bond motifs is 3. The van der Waals surface area contributed by atoms with Gasteiger partial charge in [0.15, 0.2) is 0 Å². The van der Waals surface area contributed by atoms with Gasteiger partial charge < -0.3 is 14.8 Å². The standard InChI is InChI=1S/C26H24Cl2N2O4S/c1-33-16-7-9-20(25(13-16)34-2)26-19-5-3-4-18(19)21-14-17(8-11-23(21)29-26)35(31,32)30-24-10-6-15(27)12-22(24)28/h3-4,6-14,18-19,26,29-30H,5H2,1-2H3/t18-,19+,26-/m0/s1. The minimum Gasteiger partial charge on any atom is -0.497 e. The van der Waals surface area contributed by atoms with Crippen LogP contribution in [0.1, 0.15) is 29.5 Å². The summed E-state index contributed by atoms with van der Waals surface area (Å²) in [5.41, 5.74) is 3.15. The molecule has 2 aliphatic rings. The Kier molecular flexibility index (Phi) is 6.34. The summed E-state index contributed by atoms with van der Waals surface area (Å²) < 4.78 is 39.9. The molecule has 0 saturated heterocycles. The fraction of sp³-hybridized carbons (Fsp3) is 0.231. The van der Waals surface area contributed by atoms with E-state index in [1.54, 1.807) is 38.5 Å². The van der Waals surface area contributed by atoms with Crippen molar-refractivity contribution in [3.63, 3.8) is 0 Å². The molecule has 0 radical (unpaired) electrons. The van der Waals surface area contributed by atoms with E-state index >= 15 is 0 Å². The zero-order valence-electron chi connectivity index (χ0n) is 19.1. The average molecular weight is 531 g/mol. The highest BCUT2D eigenvalue weighted by Gasteiger charge is 2.39. The molecule has 0 bridgehead atoms. The van der Waals surface area contributed by atoms with E-state index in [0.29, 0.717) is 5.02 Å². The van der Waals surface area contributed by atoms with Crippen LogP contribution in [0.2, 0.25) is 10.0 Å². The van der Waals surface area contributed by atoms with Gasteiger partial charge >= 0.3 is 0 Å². The van der Waals surface area contributed by atoms with Crippen molar-refractivity contribution in [2.45, 2.75) is 23.3 Å². The molecule has 1 aliphatic heterocycles. The summed E-state index contributed by atoms with van der Waals surface area (Å²) in [7, 11) is -0.582. The zero-order chi connectivity index (χ0) is 24.7. The van der Waals surface area contributed by atoms with Crippen molar-refractivity contribution in [3.05, 3.63) is 87.9 Å². The van der Waals surface area contributed by atoms with Gasteiger partial charge in [0.1, 0.15) is 11.5 Å². The molecule has 0 unspecified atom stereocenters. The Balaban J connectivity index is 1.50. The summed E-state index contributed by atoms with van der Waals surface area (Å²) in [6.45, 7) is 0. The molecule has 5 rings (SSSR count). The summed E-state index contributed by atoms with van der Waals surface area (Å²) in [4.78, 5) is 0.170. The molecule has 0 saturated carbocycles. The number of methoxy groups -OCH3 is 2. The maximum absolute atomic E-state index is 13.2. The predicted molar refractivity (Wildman–Crippen MR) is 140 cm³/mol. The molecule has 0 fully saturated rings. The Morgan fingerprint density at radius 1 is 0.971 bits per heavy atom. The van der Waals surface area contributed by atoms with Crippen LogP contribution in [0, 0.1) is 5.92 Å². The Bertz CT molecular complexity index is 1420. The van der Waals surface area contributed by atoms with Crippen molar-refractivity contribution in [2.24, 2.45) is 5.92 Å². The lowest BCUT2D eigenvalue weighted by Gasteiger charge is -2.38. The highest BCUT2D eigenvalue weighted by Crippen LogP contribution is 2.51. The molecule has 3 aromatic carbocycles. The first-order valence-electron chi connectivity index (χ1n) is 11.1. The third kappa shape index (κ3) is 4.44. The van der Waals surface area contributed by atoms with Crippen molar-refractivity contribution in [1.29, 1.82) is 0 Å². The third-order valence-corrected chi connectivity index (χ3v) is 8.51. The van der Waals surface area contributed by atoms with Crippen LogP contribution in [-0.4, -0.2) is 22.6 Å². The van der Waals surface area contributed by atoms with Crippen LogP contribution >= 0.6 is 23.2 Å². The summed E-state index contributed by atoms with van der Waals surface area (Å²) in [6, 6.07) is 15.6. The molecule has 0 amide bonds. The number of anilines is 2. The minimum atomic E-state index is -3.86. The maximum atomic E-state index is 13.2. The number of ether oxygens (including phenoxy) is 2. The molecule has 3 aromatic rings. The van der Waals surface area contributed by atoms with E-state index < -0.39 is 10.0 Å². The average Bonchev–Trinajstić information content (AvgIpc) is 3.35. The Morgan fingerprint density at radius 3 is 2.54 bits per heavy atom. The van der Waals surface area contributed by atoms with Gasteiger partial charge in [-0.3, -0.25) is 4.72 Å². The van der Waals surface area contributed by atoms with E-state index in [0.717, 1.165) is 34.7 Å². The van der Waals surface area contributed by atoms with Gasteiger partial charge in [0, 0.05) is 28.3 Å². The van der Waals surface area contributed by atoms with Gasteiger partial charge in [-0.2, -0.15) is 0 Å². The second-order valence-electron chi connectivity index (χ2n) is 8.56. The number of hydrogen-bond acceptors (Lipinski definition) is 5. The number of allylic oxidation sites excluding steroid dienone is 2. The van der Waals surface area contributed by atoms with Crippen LogP contribution in [0.15, 0.2) is 71.6 Å². The van der Waals surface area contributed by atoms with Crippen LogP contribution < -0.4 is 19.5 Å². The molecular formula is C26H24Cl2N2O4S. The number of rotatable bonds is 6. The van der Waals surface area contributed by atoms with Gasteiger partial charge in [-0.1, -0.05) is 35.4 Å². The molecule has 9 heteroatoms. The van der Waals surface area contributed by atoms with Gasteiger partial charge in [0.2, 0.25) is 0 Å². The number of nitrogens with one attached hydrogen (secondary N) is 2. The predicted octanol–water partition coefficient (Wildman–Crippen LogP) is 6.64. The number of benzene rings is 3. The quantitative estimate of drug-likeness (QED) is 0.349. The normalized spacial score (nSPS) is 20.5. The monoisotopic (exact) mass is 530 g/mol. The molecule has 1 heterocycles. The molecular weight excluding hydrogens is 507 g/mol. The molecule has 0 aromatic heterocycles. The van der Waals surface area contributed by atoms with Gasteiger partial charge in [-0.05, 0) is 66.4 Å². The second kappa shape index (κ2) is 9.30. The van der Waals surface area contributed by atoms with E-state index in [2.05, 4.69) is 22.2 Å². The Hall–Kier alpha value is -2.87. The second-order valence-corrected chi connectivity index (χ2v) is 11.1. The van der Waals surface area contributed by atoms with Crippen molar-refractivity contribution in [3.8, 4) is 11.5 Å². The minimum absolute atomic E-state index is 0.00295. The molecule has 182 valence electrons. The lowest BCUT2D eigenvalue weighted by molar-refractivity contribution is 0.372. The van der Waals surface area contributed by atoms with E-state index in [4.69, 9.17) is 32.7 Å². The van der Waals surface area contributed by atoms with Crippen molar-refractivity contribution >= 4 is 44.6 Å². The number of halogens is 2. The lowest BCUT2D eigenvalue weighted by Crippen LogP contribution is -2.29. The van der Waals surface area contributed by atoms with Crippen LogP contribution in [-0.2, 0) is 10.0 Å². The van der Waals surface area contributed by atoms with Crippen molar-refractivity contribution < 1.29 is 17.9 Å². The maximum Gasteiger partial charge on any atom is 0.261 e.